The number of thioether (sulfide) groups is 1. The van der Waals surface area contributed by atoms with Crippen LogP contribution in [0.5, 0.6) is 0 Å². The highest BCUT2D eigenvalue weighted by atomic mass is 32.2. The number of rotatable bonds is 21. The maximum Gasteiger partial charge on any atom is 0.412 e. The minimum Gasteiger partial charge on any atom is -0.444 e. The predicted octanol–water partition coefficient (Wildman–Crippen LogP) is 10.1. The molecule has 0 aliphatic carbocycles. The van der Waals surface area contributed by atoms with E-state index >= 15 is 0 Å². The maximum absolute atomic E-state index is 13.3. The molecule has 2 aliphatic heterocycles. The Kier molecular flexibility index (Phi) is 17.6. The first kappa shape index (κ1) is 41.6. The van der Waals surface area contributed by atoms with E-state index in [9.17, 15) is 4.79 Å². The molecule has 9 heteroatoms. The van der Waals surface area contributed by atoms with Gasteiger partial charge in [0, 0.05) is 47.8 Å². The van der Waals surface area contributed by atoms with Crippen LogP contribution >= 0.6 is 11.8 Å². The van der Waals surface area contributed by atoms with Gasteiger partial charge in [-0.05, 0) is 82.6 Å². The van der Waals surface area contributed by atoms with E-state index in [0.29, 0.717) is 44.0 Å². The van der Waals surface area contributed by atoms with E-state index in [1.54, 1.807) is 0 Å². The highest BCUT2D eigenvalue weighted by molar-refractivity contribution is 8.00. The zero-order valence-corrected chi connectivity index (χ0v) is 33.2. The Hall–Kier alpha value is -2.14. The van der Waals surface area contributed by atoms with Crippen molar-refractivity contribution in [2.24, 2.45) is 0 Å². The number of hydrogen-bond donors (Lipinski definition) is 1. The van der Waals surface area contributed by atoms with Gasteiger partial charge in [-0.25, -0.2) is 4.79 Å². The Morgan fingerprint density at radius 1 is 0.824 bits per heavy atom. The number of carbonyl (C=O) groups is 1. The van der Waals surface area contributed by atoms with Gasteiger partial charge in [0.1, 0.15) is 36.1 Å². The molecule has 286 valence electrons. The molecule has 1 fully saturated rings. The van der Waals surface area contributed by atoms with E-state index in [4.69, 9.17) is 28.4 Å². The molecule has 0 radical (unpaired) electrons. The molecule has 8 nitrogen and oxygen atoms in total. The first-order valence-electron chi connectivity index (χ1n) is 19.6. The summed E-state index contributed by atoms with van der Waals surface area (Å²) in [6.07, 6.45) is 7.14. The van der Waals surface area contributed by atoms with Crippen LogP contribution in [0, 0.1) is 0 Å². The summed E-state index contributed by atoms with van der Waals surface area (Å²) in [6, 6.07) is 15.0. The molecule has 0 aromatic heterocycles. The Labute approximate surface area is 312 Å². The van der Waals surface area contributed by atoms with Crippen LogP contribution in [0.3, 0.4) is 0 Å². The van der Waals surface area contributed by atoms with Crippen LogP contribution in [0.1, 0.15) is 123 Å². The Morgan fingerprint density at radius 3 is 2.10 bits per heavy atom. The van der Waals surface area contributed by atoms with Gasteiger partial charge in [-0.1, -0.05) is 83.7 Å². The summed E-state index contributed by atoms with van der Waals surface area (Å²) in [5.74, 6) is 0. The number of fused-ring (bicyclic) bond motifs is 1. The van der Waals surface area contributed by atoms with Crippen molar-refractivity contribution in [2.45, 2.75) is 159 Å². The highest BCUT2D eigenvalue weighted by Gasteiger charge is 2.49. The quantitative estimate of drug-likeness (QED) is 0.127. The first-order chi connectivity index (χ1) is 24.7. The number of ether oxygens (including phenoxy) is 6. The lowest BCUT2D eigenvalue weighted by molar-refractivity contribution is -0.268. The summed E-state index contributed by atoms with van der Waals surface area (Å²) in [5, 5.41) is 3.50. The molecule has 4 rings (SSSR count). The molecular formula is C42H65NO7S. The lowest BCUT2D eigenvalue weighted by Crippen LogP contribution is -2.58. The zero-order chi connectivity index (χ0) is 36.6. The number of anilines is 1. The SMILES string of the molecule is CCCCOCC1OC(c2cc(CC3Cc4ccccc4S3)ccc2NC(=O)OC(C)(C)C)[C@H](OCCCC)[C@@H](OCCCC)[C@@H]1OCCCC. The van der Waals surface area contributed by atoms with Gasteiger partial charge in [-0.15, -0.1) is 11.8 Å². The molecule has 3 unspecified atom stereocenters. The number of amides is 1. The molecule has 51 heavy (non-hydrogen) atoms. The van der Waals surface area contributed by atoms with Crippen LogP contribution in [-0.4, -0.2) is 74.4 Å². The monoisotopic (exact) mass is 727 g/mol. The van der Waals surface area contributed by atoms with Gasteiger partial charge in [0.25, 0.3) is 0 Å². The van der Waals surface area contributed by atoms with Gasteiger partial charge in [-0.3, -0.25) is 5.32 Å². The predicted molar refractivity (Wildman–Crippen MR) is 207 cm³/mol. The average Bonchev–Trinajstić information content (AvgIpc) is 3.50. The zero-order valence-electron chi connectivity index (χ0n) is 32.4. The van der Waals surface area contributed by atoms with E-state index < -0.39 is 23.9 Å². The van der Waals surface area contributed by atoms with Crippen molar-refractivity contribution in [1.82, 2.24) is 0 Å². The minimum absolute atomic E-state index is 0.364. The summed E-state index contributed by atoms with van der Waals surface area (Å²) in [7, 11) is 0. The smallest absolute Gasteiger partial charge is 0.412 e. The molecule has 1 saturated heterocycles. The van der Waals surface area contributed by atoms with Crippen molar-refractivity contribution in [2.75, 3.05) is 38.4 Å². The summed E-state index contributed by atoms with van der Waals surface area (Å²) in [6.45, 7) is 17.1. The van der Waals surface area contributed by atoms with Crippen molar-refractivity contribution in [3.63, 3.8) is 0 Å². The lowest BCUT2D eigenvalue weighted by atomic mass is 9.88. The molecule has 0 saturated carbocycles. The minimum atomic E-state index is -0.645. The van der Waals surface area contributed by atoms with Gasteiger partial charge in [0.2, 0.25) is 0 Å². The maximum atomic E-state index is 13.3. The second-order valence-corrected chi connectivity index (χ2v) is 16.2. The van der Waals surface area contributed by atoms with Gasteiger partial charge in [-0.2, -0.15) is 0 Å². The van der Waals surface area contributed by atoms with E-state index in [1.165, 1.54) is 16.0 Å². The Morgan fingerprint density at radius 2 is 1.45 bits per heavy atom. The summed E-state index contributed by atoms with van der Waals surface area (Å²) < 4.78 is 39.3. The second-order valence-electron chi connectivity index (χ2n) is 14.9. The van der Waals surface area contributed by atoms with E-state index in [-0.39, 0.29) is 18.3 Å². The van der Waals surface area contributed by atoms with Crippen LogP contribution in [0.4, 0.5) is 10.5 Å². The number of benzene rings is 2. The van der Waals surface area contributed by atoms with Crippen molar-refractivity contribution in [3.8, 4) is 0 Å². The molecule has 1 N–H and O–H groups in total. The topological polar surface area (TPSA) is 84.5 Å². The molecule has 2 aromatic carbocycles. The molecule has 1 amide bonds. The van der Waals surface area contributed by atoms with Crippen molar-refractivity contribution < 1.29 is 33.2 Å². The van der Waals surface area contributed by atoms with Crippen LogP contribution < -0.4 is 5.32 Å². The molecule has 0 spiro atoms. The Balaban J connectivity index is 1.76. The highest BCUT2D eigenvalue weighted by Crippen LogP contribution is 2.42. The summed E-state index contributed by atoms with van der Waals surface area (Å²) in [4.78, 5) is 14.6. The van der Waals surface area contributed by atoms with E-state index in [0.717, 1.165) is 69.8 Å². The fraction of sp³-hybridized carbons (Fsp3) is 0.690. The van der Waals surface area contributed by atoms with Gasteiger partial charge in [0.15, 0.2) is 0 Å². The number of unbranched alkanes of at least 4 members (excludes halogenated alkanes) is 4. The molecule has 2 aromatic rings. The van der Waals surface area contributed by atoms with E-state index in [1.807, 2.05) is 38.6 Å². The van der Waals surface area contributed by atoms with Crippen molar-refractivity contribution in [3.05, 3.63) is 59.2 Å². The molecule has 2 aliphatic rings. The number of nitrogens with one attached hydrogen (secondary N) is 1. The molecule has 6 atom stereocenters. The molecular weight excluding hydrogens is 663 g/mol. The summed E-state index contributed by atoms with van der Waals surface area (Å²) in [5.41, 5.74) is 3.45. The van der Waals surface area contributed by atoms with Gasteiger partial charge < -0.3 is 28.4 Å². The normalized spacial score (nSPS) is 23.3. The third-order valence-electron chi connectivity index (χ3n) is 9.22. The first-order valence-corrected chi connectivity index (χ1v) is 20.5. The third-order valence-corrected chi connectivity index (χ3v) is 10.5. The third kappa shape index (κ3) is 13.0. The van der Waals surface area contributed by atoms with Crippen LogP contribution in [0.15, 0.2) is 47.4 Å². The molecule has 0 bridgehead atoms. The fourth-order valence-electron chi connectivity index (χ4n) is 6.54. The second kappa shape index (κ2) is 21.5. The van der Waals surface area contributed by atoms with E-state index in [2.05, 4.69) is 69.4 Å². The number of carbonyl (C=O) groups excluding carboxylic acids is 1. The van der Waals surface area contributed by atoms with Crippen molar-refractivity contribution >= 4 is 23.5 Å². The van der Waals surface area contributed by atoms with Gasteiger partial charge >= 0.3 is 6.09 Å². The number of hydrogen-bond acceptors (Lipinski definition) is 8. The largest absolute Gasteiger partial charge is 0.444 e. The lowest BCUT2D eigenvalue weighted by Gasteiger charge is -2.47. The molecule has 2 heterocycles. The van der Waals surface area contributed by atoms with Gasteiger partial charge in [0.05, 0.1) is 6.61 Å². The van der Waals surface area contributed by atoms with Crippen LogP contribution in [0.25, 0.3) is 0 Å². The Bertz CT molecular complexity index is 1290. The van der Waals surface area contributed by atoms with Crippen LogP contribution in [0.2, 0.25) is 0 Å². The fourth-order valence-corrected chi connectivity index (χ4v) is 7.90. The average molecular weight is 728 g/mol. The standard InChI is InChI=1S/C42H65NO7S/c1-8-12-22-45-29-35-38(46-23-13-9-2)40(48-25-15-11-4)39(47-24-14-10-3)37(49-35)33-27-30(20-21-34(33)43-41(44)50-42(5,6)7)26-32-28-31-18-16-17-19-36(31)51-32/h16-21,27,32,35,37-40H,8-15,22-26,28-29H2,1-7H3,(H,43,44)/t32?,35?,37?,38-,39+,40+/m1/s1. The summed E-state index contributed by atoms with van der Waals surface area (Å²) >= 11 is 1.94. The van der Waals surface area contributed by atoms with Crippen molar-refractivity contribution in [1.29, 1.82) is 0 Å². The van der Waals surface area contributed by atoms with Crippen LogP contribution in [-0.2, 0) is 41.3 Å².